The van der Waals surface area contributed by atoms with E-state index in [9.17, 15) is 9.59 Å². The van der Waals surface area contributed by atoms with Gasteiger partial charge in [-0.1, -0.05) is 29.8 Å². The summed E-state index contributed by atoms with van der Waals surface area (Å²) in [6.07, 6.45) is 3.50. The quantitative estimate of drug-likeness (QED) is 0.378. The number of fused-ring (bicyclic) bond motifs is 2. The van der Waals surface area contributed by atoms with Crippen LogP contribution in [0.3, 0.4) is 0 Å². The second kappa shape index (κ2) is 9.66. The number of allylic oxidation sites excluding steroid dienone is 1. The van der Waals surface area contributed by atoms with Gasteiger partial charge in [-0.15, -0.1) is 0 Å². The molecule has 40 heavy (non-hydrogen) atoms. The summed E-state index contributed by atoms with van der Waals surface area (Å²) in [5.41, 5.74) is 2.32. The molecule has 3 fully saturated rings. The third-order valence-electron chi connectivity index (χ3n) is 9.47. The van der Waals surface area contributed by atoms with E-state index >= 15 is 0 Å². The maximum absolute atomic E-state index is 14.3. The van der Waals surface area contributed by atoms with Crippen LogP contribution in [0, 0.1) is 11.3 Å². The summed E-state index contributed by atoms with van der Waals surface area (Å²) in [6, 6.07) is 11.3. The lowest BCUT2D eigenvalue weighted by atomic mass is 9.43. The molecule has 4 atom stereocenters. The van der Waals surface area contributed by atoms with Crippen LogP contribution in [0.2, 0.25) is 0 Å². The van der Waals surface area contributed by atoms with Gasteiger partial charge in [0.1, 0.15) is 12.0 Å². The molecule has 4 aliphatic rings. The number of methoxy groups -OCH3 is 4. The molecule has 0 N–H and O–H groups in total. The molecule has 1 unspecified atom stereocenters. The molecule has 2 aromatic rings. The molecule has 6 rings (SSSR count). The van der Waals surface area contributed by atoms with Crippen molar-refractivity contribution in [3.05, 3.63) is 59.2 Å². The van der Waals surface area contributed by atoms with Gasteiger partial charge in [0.15, 0.2) is 11.5 Å². The zero-order chi connectivity index (χ0) is 28.2. The van der Waals surface area contributed by atoms with Gasteiger partial charge in [-0.25, -0.2) is 4.79 Å². The van der Waals surface area contributed by atoms with E-state index < -0.39 is 16.8 Å². The molecule has 0 spiro atoms. The summed E-state index contributed by atoms with van der Waals surface area (Å²) in [6.45, 7) is 3.41. The summed E-state index contributed by atoms with van der Waals surface area (Å²) in [7, 11) is 5.89. The second-order valence-corrected chi connectivity index (χ2v) is 10.8. The topological polar surface area (TPSA) is 95.9 Å². The molecule has 0 amide bonds. The molecule has 3 aliphatic heterocycles. The Hall–Kier alpha value is -3.85. The molecule has 0 radical (unpaired) electrons. The fourth-order valence-corrected chi connectivity index (χ4v) is 7.77. The zero-order valence-electron chi connectivity index (χ0n) is 23.5. The molecule has 9 heteroatoms. The first-order valence-corrected chi connectivity index (χ1v) is 13.5. The highest BCUT2D eigenvalue weighted by molar-refractivity contribution is 6.11. The average Bonchev–Trinajstić information content (AvgIpc) is 3.36. The molecule has 210 valence electrons. The number of para-hydroxylation sites is 1. The molecule has 3 heterocycles. The fourth-order valence-electron chi connectivity index (χ4n) is 7.77. The van der Waals surface area contributed by atoms with Crippen molar-refractivity contribution in [2.45, 2.75) is 31.2 Å². The lowest BCUT2D eigenvalue weighted by Crippen LogP contribution is -2.75. The monoisotopic (exact) mass is 546 g/mol. The van der Waals surface area contributed by atoms with Gasteiger partial charge >= 0.3 is 11.9 Å². The number of aliphatic imine (C=N–C) groups is 1. The number of hydrogen-bond donors (Lipinski definition) is 0. The predicted molar refractivity (Wildman–Crippen MR) is 148 cm³/mol. The molecule has 2 aromatic carbocycles. The number of benzene rings is 2. The Morgan fingerprint density at radius 2 is 1.80 bits per heavy atom. The van der Waals surface area contributed by atoms with Gasteiger partial charge in [0.05, 0.1) is 51.1 Å². The summed E-state index contributed by atoms with van der Waals surface area (Å²) in [4.78, 5) is 35.5. The number of nitrogens with zero attached hydrogens (tertiary/aromatic N) is 2. The van der Waals surface area contributed by atoms with Crippen LogP contribution < -0.4 is 14.2 Å². The van der Waals surface area contributed by atoms with Crippen molar-refractivity contribution in [1.29, 1.82) is 0 Å². The lowest BCUT2D eigenvalue weighted by Gasteiger charge is -2.64. The van der Waals surface area contributed by atoms with Gasteiger partial charge in [0, 0.05) is 24.7 Å². The standard InChI is InChI=1S/C31H34N2O7/c1-6-18-16-33-12-11-30-20-9-7-8-10-22(20)32-27(30)23(33)15-21(18)31(30,29(35)39-5)17-40-28(34)19-13-24(36-2)26(38-4)25(14-19)37-3/h6-10,13-14,21,23H,11-12,15-17H2,1-5H3/b18-6-/t21-,23+,30-,31?/m0/s1. The minimum atomic E-state index is -1.19. The first-order valence-electron chi connectivity index (χ1n) is 13.5. The molecule has 3 bridgehead atoms. The minimum Gasteiger partial charge on any atom is -0.493 e. The smallest absolute Gasteiger partial charge is 0.338 e. The first-order chi connectivity index (χ1) is 19.4. The van der Waals surface area contributed by atoms with Crippen LogP contribution in [0.4, 0.5) is 5.69 Å². The van der Waals surface area contributed by atoms with Crippen molar-refractivity contribution in [2.24, 2.45) is 16.3 Å². The zero-order valence-corrected chi connectivity index (χ0v) is 23.5. The Balaban J connectivity index is 1.49. The third kappa shape index (κ3) is 3.33. The Labute approximate surface area is 233 Å². The molecular weight excluding hydrogens is 512 g/mol. The van der Waals surface area contributed by atoms with Gasteiger partial charge < -0.3 is 23.7 Å². The van der Waals surface area contributed by atoms with Crippen LogP contribution in [0.15, 0.2) is 53.0 Å². The van der Waals surface area contributed by atoms with Crippen molar-refractivity contribution >= 4 is 23.3 Å². The molecule has 9 nitrogen and oxygen atoms in total. The predicted octanol–water partition coefficient (Wildman–Crippen LogP) is 4.11. The highest BCUT2D eigenvalue weighted by atomic mass is 16.6. The highest BCUT2D eigenvalue weighted by Gasteiger charge is 2.74. The van der Waals surface area contributed by atoms with E-state index in [-0.39, 0.29) is 30.1 Å². The molecular formula is C31H34N2O7. The normalized spacial score (nSPS) is 28.8. The number of carbonyl (C=O) groups is 2. The van der Waals surface area contributed by atoms with E-state index in [1.54, 1.807) is 12.1 Å². The fraction of sp³-hybridized carbons (Fsp3) is 0.452. The van der Waals surface area contributed by atoms with Crippen molar-refractivity contribution in [3.63, 3.8) is 0 Å². The Morgan fingerprint density at radius 3 is 2.45 bits per heavy atom. The maximum Gasteiger partial charge on any atom is 0.338 e. The largest absolute Gasteiger partial charge is 0.493 e. The van der Waals surface area contributed by atoms with Crippen molar-refractivity contribution in [3.8, 4) is 17.2 Å². The summed E-state index contributed by atoms with van der Waals surface area (Å²) < 4.78 is 28.0. The highest BCUT2D eigenvalue weighted by Crippen LogP contribution is 2.66. The van der Waals surface area contributed by atoms with Crippen LogP contribution in [0.1, 0.15) is 35.7 Å². The van der Waals surface area contributed by atoms with Crippen molar-refractivity contribution in [2.75, 3.05) is 48.1 Å². The summed E-state index contributed by atoms with van der Waals surface area (Å²) >= 11 is 0. The van der Waals surface area contributed by atoms with Crippen molar-refractivity contribution < 1.29 is 33.3 Å². The number of piperidine rings is 2. The van der Waals surface area contributed by atoms with Crippen LogP contribution in [0.5, 0.6) is 17.2 Å². The third-order valence-corrected chi connectivity index (χ3v) is 9.47. The van der Waals surface area contributed by atoms with Crippen LogP contribution in [-0.2, 0) is 19.7 Å². The number of rotatable bonds is 7. The second-order valence-electron chi connectivity index (χ2n) is 10.8. The molecule has 1 saturated carbocycles. The summed E-state index contributed by atoms with van der Waals surface area (Å²) in [5, 5.41) is 0. The Morgan fingerprint density at radius 1 is 1.07 bits per heavy atom. The average molecular weight is 547 g/mol. The van der Waals surface area contributed by atoms with Gasteiger partial charge in [-0.2, -0.15) is 0 Å². The lowest BCUT2D eigenvalue weighted by molar-refractivity contribution is -0.170. The van der Waals surface area contributed by atoms with Crippen LogP contribution in [-0.4, -0.2) is 76.7 Å². The number of esters is 2. The SMILES string of the molecule is C/C=C1/CN2CC[C@@]34C(=Nc5ccccc53)[C@H]2C[C@@H]1C4(COC(=O)c1cc(OC)c(OC)c(OC)c1)C(=O)OC. The van der Waals surface area contributed by atoms with E-state index in [1.807, 2.05) is 25.1 Å². The number of hydrogen-bond acceptors (Lipinski definition) is 9. The maximum atomic E-state index is 14.3. The Bertz CT molecular complexity index is 1420. The molecule has 0 aromatic heterocycles. The molecule has 2 saturated heterocycles. The first kappa shape index (κ1) is 26.4. The van der Waals surface area contributed by atoms with Crippen LogP contribution in [0.25, 0.3) is 0 Å². The van der Waals surface area contributed by atoms with Gasteiger partial charge in [-0.3, -0.25) is 14.7 Å². The van der Waals surface area contributed by atoms with Gasteiger partial charge in [0.2, 0.25) is 5.75 Å². The van der Waals surface area contributed by atoms with Gasteiger partial charge in [0.25, 0.3) is 0 Å². The molecule has 1 aliphatic carbocycles. The van der Waals surface area contributed by atoms with Crippen molar-refractivity contribution in [1.82, 2.24) is 4.90 Å². The Kier molecular flexibility index (Phi) is 6.37. The van der Waals surface area contributed by atoms with Crippen LogP contribution >= 0.6 is 0 Å². The minimum absolute atomic E-state index is 0.124. The van der Waals surface area contributed by atoms with E-state index in [0.29, 0.717) is 30.1 Å². The number of carbonyl (C=O) groups excluding carboxylic acids is 2. The van der Waals surface area contributed by atoms with E-state index in [1.165, 1.54) is 28.4 Å². The van der Waals surface area contributed by atoms with E-state index in [4.69, 9.17) is 28.7 Å². The van der Waals surface area contributed by atoms with E-state index in [0.717, 1.165) is 35.6 Å². The van der Waals surface area contributed by atoms with Gasteiger partial charge in [-0.05, 0) is 43.5 Å². The summed E-state index contributed by atoms with van der Waals surface area (Å²) in [5.74, 6) is -0.103. The number of ether oxygens (including phenoxy) is 5. The van der Waals surface area contributed by atoms with E-state index in [2.05, 4.69) is 17.0 Å².